The molecule has 3 amide bonds. The SMILES string of the molecule is CC1C=CC2C(O)N(c3ccccc3)C(=O)N2N1C(=O)OC(C)(C)C. The van der Waals surface area contributed by atoms with Crippen molar-refractivity contribution in [1.82, 2.24) is 10.0 Å². The molecule has 1 aromatic rings. The van der Waals surface area contributed by atoms with Gasteiger partial charge in [-0.2, -0.15) is 0 Å². The summed E-state index contributed by atoms with van der Waals surface area (Å²) in [6.45, 7) is 7.10. The summed E-state index contributed by atoms with van der Waals surface area (Å²) in [4.78, 5) is 26.9. The van der Waals surface area contributed by atoms with E-state index in [9.17, 15) is 14.7 Å². The molecule has 0 saturated carbocycles. The topological polar surface area (TPSA) is 73.3 Å². The summed E-state index contributed by atoms with van der Waals surface area (Å²) < 4.78 is 5.44. The van der Waals surface area contributed by atoms with E-state index in [2.05, 4.69) is 0 Å². The number of hydrazine groups is 1. The Kier molecular flexibility index (Phi) is 4.20. The lowest BCUT2D eigenvalue weighted by Gasteiger charge is -2.40. The Morgan fingerprint density at radius 1 is 1.16 bits per heavy atom. The number of nitrogens with zero attached hydrogens (tertiary/aromatic N) is 3. The maximum atomic E-state index is 13.0. The van der Waals surface area contributed by atoms with E-state index in [4.69, 9.17) is 4.74 Å². The first kappa shape index (κ1) is 17.3. The zero-order chi connectivity index (χ0) is 18.4. The number of benzene rings is 1. The molecular weight excluding hydrogens is 322 g/mol. The van der Waals surface area contributed by atoms with Crippen LogP contribution >= 0.6 is 0 Å². The minimum atomic E-state index is -1.09. The molecule has 2 heterocycles. The number of carbonyl (C=O) groups excluding carboxylic acids is 2. The number of amides is 3. The second-order valence-corrected chi connectivity index (χ2v) is 7.19. The van der Waals surface area contributed by atoms with Gasteiger partial charge in [-0.05, 0) is 39.8 Å². The van der Waals surface area contributed by atoms with Gasteiger partial charge in [0.2, 0.25) is 0 Å². The molecule has 7 heteroatoms. The molecule has 0 aromatic heterocycles. The summed E-state index contributed by atoms with van der Waals surface area (Å²) >= 11 is 0. The molecular formula is C18H23N3O4. The van der Waals surface area contributed by atoms with Crippen LogP contribution in [0.2, 0.25) is 0 Å². The van der Waals surface area contributed by atoms with Crippen molar-refractivity contribution >= 4 is 17.8 Å². The molecule has 1 saturated heterocycles. The Hall–Kier alpha value is -2.54. The Morgan fingerprint density at radius 2 is 1.80 bits per heavy atom. The zero-order valence-electron chi connectivity index (χ0n) is 14.8. The molecule has 7 nitrogen and oxygen atoms in total. The van der Waals surface area contributed by atoms with E-state index in [-0.39, 0.29) is 6.04 Å². The van der Waals surface area contributed by atoms with Crippen LogP contribution in [0.1, 0.15) is 27.7 Å². The molecule has 0 spiro atoms. The van der Waals surface area contributed by atoms with Crippen molar-refractivity contribution in [3.63, 3.8) is 0 Å². The molecule has 3 atom stereocenters. The Bertz CT molecular complexity index is 698. The van der Waals surface area contributed by atoms with Crippen LogP contribution in [0.4, 0.5) is 15.3 Å². The van der Waals surface area contributed by atoms with Gasteiger partial charge in [-0.1, -0.05) is 30.4 Å². The Labute approximate surface area is 147 Å². The number of carbonyl (C=O) groups is 2. The molecule has 0 aliphatic carbocycles. The fourth-order valence-electron chi connectivity index (χ4n) is 3.01. The maximum absolute atomic E-state index is 13.0. The second kappa shape index (κ2) is 6.07. The summed E-state index contributed by atoms with van der Waals surface area (Å²) in [5, 5.41) is 13.2. The average Bonchev–Trinajstić information content (AvgIpc) is 2.77. The van der Waals surface area contributed by atoms with Crippen LogP contribution in [0.5, 0.6) is 0 Å². The van der Waals surface area contributed by atoms with Crippen molar-refractivity contribution in [2.24, 2.45) is 0 Å². The van der Waals surface area contributed by atoms with E-state index in [0.29, 0.717) is 5.69 Å². The first-order valence-electron chi connectivity index (χ1n) is 8.27. The lowest BCUT2D eigenvalue weighted by atomic mass is 10.1. The van der Waals surface area contributed by atoms with E-state index in [0.717, 1.165) is 0 Å². The van der Waals surface area contributed by atoms with Crippen LogP contribution in [-0.2, 0) is 4.74 Å². The van der Waals surface area contributed by atoms with Crippen LogP contribution in [-0.4, -0.2) is 51.2 Å². The third-order valence-electron chi connectivity index (χ3n) is 4.07. The number of aliphatic hydroxyl groups is 1. The van der Waals surface area contributed by atoms with Crippen LogP contribution < -0.4 is 4.90 Å². The fourth-order valence-corrected chi connectivity index (χ4v) is 3.01. The Balaban J connectivity index is 1.95. The second-order valence-electron chi connectivity index (χ2n) is 7.19. The minimum Gasteiger partial charge on any atom is -0.442 e. The number of ether oxygens (including phenoxy) is 1. The lowest BCUT2D eigenvalue weighted by Crippen LogP contribution is -2.58. The highest BCUT2D eigenvalue weighted by atomic mass is 16.6. The van der Waals surface area contributed by atoms with Gasteiger partial charge in [0.15, 0.2) is 6.23 Å². The number of hydrogen-bond donors (Lipinski definition) is 1. The van der Waals surface area contributed by atoms with Crippen molar-refractivity contribution in [3.8, 4) is 0 Å². The molecule has 3 rings (SSSR count). The van der Waals surface area contributed by atoms with Crippen LogP contribution in [0.15, 0.2) is 42.5 Å². The molecule has 2 aliphatic heterocycles. The van der Waals surface area contributed by atoms with Crippen molar-refractivity contribution in [1.29, 1.82) is 0 Å². The van der Waals surface area contributed by atoms with Gasteiger partial charge in [-0.3, -0.25) is 4.90 Å². The van der Waals surface area contributed by atoms with Gasteiger partial charge in [0.05, 0.1) is 6.04 Å². The first-order chi connectivity index (χ1) is 11.7. The predicted molar refractivity (Wildman–Crippen MR) is 92.6 cm³/mol. The highest BCUT2D eigenvalue weighted by Crippen LogP contribution is 2.33. The third kappa shape index (κ3) is 3.07. The monoisotopic (exact) mass is 345 g/mol. The number of aliphatic hydroxyl groups excluding tert-OH is 1. The van der Waals surface area contributed by atoms with Gasteiger partial charge in [0.25, 0.3) is 0 Å². The normalized spacial score (nSPS) is 26.0. The largest absolute Gasteiger partial charge is 0.442 e. The molecule has 1 fully saturated rings. The van der Waals surface area contributed by atoms with E-state index < -0.39 is 30.0 Å². The molecule has 134 valence electrons. The summed E-state index contributed by atoms with van der Waals surface area (Å²) in [5.74, 6) is 0. The summed E-state index contributed by atoms with van der Waals surface area (Å²) in [7, 11) is 0. The highest BCUT2D eigenvalue weighted by molar-refractivity contribution is 5.96. The smallest absolute Gasteiger partial charge is 0.430 e. The predicted octanol–water partition coefficient (Wildman–Crippen LogP) is 2.73. The maximum Gasteiger partial charge on any atom is 0.430 e. The summed E-state index contributed by atoms with van der Waals surface area (Å²) in [5.41, 5.74) is -0.117. The Morgan fingerprint density at radius 3 is 2.40 bits per heavy atom. The number of urea groups is 1. The molecule has 1 aromatic carbocycles. The molecule has 3 unspecified atom stereocenters. The van der Waals surface area contributed by atoms with E-state index in [1.54, 1.807) is 64.1 Å². The van der Waals surface area contributed by atoms with Crippen molar-refractivity contribution in [2.75, 3.05) is 4.90 Å². The van der Waals surface area contributed by atoms with Gasteiger partial charge in [-0.15, -0.1) is 0 Å². The third-order valence-corrected chi connectivity index (χ3v) is 4.07. The standard InChI is InChI=1S/C18H23N3O4/c1-12-10-11-14-15(22)19(13-8-6-5-7-9-13)16(23)21(14)20(12)17(24)25-18(2,3)4/h5-12,14-15,22H,1-4H3. The van der Waals surface area contributed by atoms with Crippen molar-refractivity contribution in [2.45, 2.75) is 51.6 Å². The van der Waals surface area contributed by atoms with Gasteiger partial charge < -0.3 is 9.84 Å². The van der Waals surface area contributed by atoms with E-state index >= 15 is 0 Å². The number of fused-ring (bicyclic) bond motifs is 1. The van der Waals surface area contributed by atoms with Crippen LogP contribution in [0.25, 0.3) is 0 Å². The van der Waals surface area contributed by atoms with Crippen molar-refractivity contribution in [3.05, 3.63) is 42.5 Å². The summed E-state index contributed by atoms with van der Waals surface area (Å²) in [6, 6.07) is 7.40. The number of hydrogen-bond acceptors (Lipinski definition) is 4. The minimum absolute atomic E-state index is 0.363. The number of anilines is 1. The quantitative estimate of drug-likeness (QED) is 0.794. The number of rotatable bonds is 1. The van der Waals surface area contributed by atoms with Gasteiger partial charge in [-0.25, -0.2) is 19.6 Å². The molecule has 2 aliphatic rings. The first-order valence-corrected chi connectivity index (χ1v) is 8.27. The average molecular weight is 345 g/mol. The summed E-state index contributed by atoms with van der Waals surface area (Å²) in [6.07, 6.45) is 1.82. The molecule has 1 N–H and O–H groups in total. The van der Waals surface area contributed by atoms with Gasteiger partial charge >= 0.3 is 12.1 Å². The van der Waals surface area contributed by atoms with E-state index in [1.165, 1.54) is 14.9 Å². The zero-order valence-corrected chi connectivity index (χ0v) is 14.8. The fraction of sp³-hybridized carbons (Fsp3) is 0.444. The van der Waals surface area contributed by atoms with Gasteiger partial charge in [0, 0.05) is 5.69 Å². The molecule has 0 bridgehead atoms. The van der Waals surface area contributed by atoms with Crippen LogP contribution in [0.3, 0.4) is 0 Å². The van der Waals surface area contributed by atoms with Crippen LogP contribution in [0, 0.1) is 0 Å². The van der Waals surface area contributed by atoms with Crippen molar-refractivity contribution < 1.29 is 19.4 Å². The number of para-hydroxylation sites is 1. The molecule has 25 heavy (non-hydrogen) atoms. The highest BCUT2D eigenvalue weighted by Gasteiger charge is 2.51. The van der Waals surface area contributed by atoms with Gasteiger partial charge in [0.1, 0.15) is 11.6 Å². The lowest BCUT2D eigenvalue weighted by molar-refractivity contribution is -0.0554. The molecule has 0 radical (unpaired) electrons. The van der Waals surface area contributed by atoms with E-state index in [1.807, 2.05) is 6.07 Å².